The summed E-state index contributed by atoms with van der Waals surface area (Å²) in [6.45, 7) is 31.1. The van der Waals surface area contributed by atoms with Gasteiger partial charge in [-0.1, -0.05) is 41.5 Å². The Morgan fingerprint density at radius 2 is 0.466 bits per heavy atom. The van der Waals surface area contributed by atoms with Crippen molar-refractivity contribution in [3.63, 3.8) is 0 Å². The molecular weight excluding hydrogens is 771 g/mol. The summed E-state index contributed by atoms with van der Waals surface area (Å²) in [6.07, 6.45) is -3.98. The predicted octanol–water partition coefficient (Wildman–Crippen LogP) is 3.48. The number of carboxylic acid groups (broad SMARTS) is 3. The van der Waals surface area contributed by atoms with Crippen LogP contribution in [-0.4, -0.2) is 108 Å². The molecule has 0 aliphatic carbocycles. The normalized spacial score (nSPS) is 12.3. The molecule has 0 amide bonds. The van der Waals surface area contributed by atoms with Crippen molar-refractivity contribution in [3.8, 4) is 0 Å². The summed E-state index contributed by atoms with van der Waals surface area (Å²) in [6, 6.07) is 0. The van der Waals surface area contributed by atoms with Crippen molar-refractivity contribution in [2.75, 3.05) is 0 Å². The van der Waals surface area contributed by atoms with Crippen molar-refractivity contribution in [2.45, 2.75) is 219 Å². The van der Waals surface area contributed by atoms with Gasteiger partial charge in [-0.25, -0.2) is 0 Å². The molecule has 15 nitrogen and oxygen atoms in total. The van der Waals surface area contributed by atoms with Gasteiger partial charge >= 0.3 is 17.4 Å². The Bertz CT molecular complexity index is 1040. The van der Waals surface area contributed by atoms with E-state index in [2.05, 4.69) is 0 Å². The number of carbonyl (C=O) groups excluding carboxylic acids is 6. The minimum absolute atomic E-state index is 0. The van der Waals surface area contributed by atoms with E-state index in [1.165, 1.54) is 0 Å². The van der Waals surface area contributed by atoms with Crippen molar-refractivity contribution in [1.29, 1.82) is 0 Å². The summed E-state index contributed by atoms with van der Waals surface area (Å²) >= 11 is 0. The zero-order chi connectivity index (χ0) is 45.6. The number of Topliss-reactive ketones (excluding diaryl/α,β-unsaturated/α-hetero) is 3. The number of ketones is 3. The average Bonchev–Trinajstić information content (AvgIpc) is 3.08. The predicted molar refractivity (Wildman–Crippen MR) is 214 cm³/mol. The molecule has 0 saturated heterocycles. The first kappa shape index (κ1) is 62.4. The van der Waals surface area contributed by atoms with Crippen LogP contribution in [0.2, 0.25) is 0 Å². The molecule has 0 bridgehead atoms. The summed E-state index contributed by atoms with van der Waals surface area (Å²) in [5, 5.41) is 34.1. The first-order valence-corrected chi connectivity index (χ1v) is 20.3. The fourth-order valence-corrected chi connectivity index (χ4v) is 5.59. The molecule has 16 heteroatoms. The number of carboxylic acids is 3. The zero-order valence-electron chi connectivity index (χ0n) is 38.6. The first-order valence-electron chi connectivity index (χ1n) is 20.3. The van der Waals surface area contributed by atoms with E-state index >= 15 is 0 Å². The quantitative estimate of drug-likeness (QED) is 0.0655. The van der Waals surface area contributed by atoms with Crippen LogP contribution in [0.3, 0.4) is 0 Å². The fourth-order valence-electron chi connectivity index (χ4n) is 5.59. The molecule has 0 rings (SSSR count). The van der Waals surface area contributed by atoms with Crippen molar-refractivity contribution in [2.24, 2.45) is 16.2 Å². The molecule has 0 saturated carbocycles. The second kappa shape index (κ2) is 29.9. The van der Waals surface area contributed by atoms with Crippen LogP contribution in [0.5, 0.6) is 0 Å². The molecule has 0 heterocycles. The fraction of sp³-hybridized carbons (Fsp3) is 0.857. The summed E-state index contributed by atoms with van der Waals surface area (Å²) in [7, 11) is 0. The van der Waals surface area contributed by atoms with Gasteiger partial charge in [-0.2, -0.15) is 0 Å². The van der Waals surface area contributed by atoms with E-state index in [0.717, 1.165) is 0 Å². The molecule has 0 aromatic carbocycles. The Morgan fingerprint density at radius 1 is 0.345 bits per heavy atom. The summed E-state index contributed by atoms with van der Waals surface area (Å²) < 4.78 is 32.5. The summed E-state index contributed by atoms with van der Waals surface area (Å²) in [4.78, 5) is 71.5. The van der Waals surface area contributed by atoms with Gasteiger partial charge in [0.05, 0.1) is 70.8 Å². The van der Waals surface area contributed by atoms with Crippen LogP contribution in [0.15, 0.2) is 0 Å². The number of carbonyl (C=O) groups is 6. The van der Waals surface area contributed by atoms with Gasteiger partial charge in [0, 0.05) is 0 Å². The monoisotopic (exact) mass is 846 g/mol. The molecule has 336 valence electrons. The molecule has 0 spiro atoms. The maximum Gasteiger partial charge on any atom is 3.00 e. The summed E-state index contributed by atoms with van der Waals surface area (Å²) in [5.74, 6) is -5.81. The van der Waals surface area contributed by atoms with E-state index in [1.54, 1.807) is 125 Å². The van der Waals surface area contributed by atoms with Crippen LogP contribution in [0.25, 0.3) is 0 Å². The number of aliphatic carboxylic acids is 3. The van der Waals surface area contributed by atoms with E-state index in [0.29, 0.717) is 0 Å². The van der Waals surface area contributed by atoms with Gasteiger partial charge in [0.1, 0.15) is 0 Å². The van der Waals surface area contributed by atoms with Gasteiger partial charge in [-0.3, -0.25) is 14.4 Å². The Morgan fingerprint density at radius 3 is 0.534 bits per heavy atom. The minimum Gasteiger partial charge on any atom is -0.549 e. The maximum absolute atomic E-state index is 12.5. The van der Waals surface area contributed by atoms with Crippen molar-refractivity contribution < 1.29 is 72.5 Å². The van der Waals surface area contributed by atoms with Crippen molar-refractivity contribution in [3.05, 3.63) is 0 Å². The topological polar surface area (TPSA) is 227 Å². The van der Waals surface area contributed by atoms with Crippen LogP contribution in [0.4, 0.5) is 0 Å². The Balaban J connectivity index is -0.000000374. The molecule has 58 heavy (non-hydrogen) atoms. The second-order valence-electron chi connectivity index (χ2n) is 15.4. The summed E-state index contributed by atoms with van der Waals surface area (Å²) in [5.41, 5.74) is -4.64. The smallest absolute Gasteiger partial charge is 0.549 e. The average molecular weight is 847 g/mol. The van der Waals surface area contributed by atoms with Gasteiger partial charge in [0.25, 0.3) is 0 Å². The van der Waals surface area contributed by atoms with E-state index in [4.69, 9.17) is 28.4 Å². The van der Waals surface area contributed by atoms with Crippen molar-refractivity contribution in [1.82, 2.24) is 0 Å². The number of rotatable bonds is 27. The third-order valence-electron chi connectivity index (χ3n) is 9.23. The first-order chi connectivity index (χ1) is 26.1. The van der Waals surface area contributed by atoms with Gasteiger partial charge in [0.15, 0.2) is 17.3 Å². The molecule has 0 atom stereocenters. The molecule has 0 N–H and O–H groups in total. The Labute approximate surface area is 359 Å². The van der Waals surface area contributed by atoms with Crippen LogP contribution < -0.4 is 15.3 Å². The number of hydrogen-bond donors (Lipinski definition) is 0. The molecular formula is C42H75AlO15. The van der Waals surface area contributed by atoms with Gasteiger partial charge in [-0.05, 0) is 122 Å². The number of hydrogen-bond acceptors (Lipinski definition) is 15. The van der Waals surface area contributed by atoms with Crippen LogP contribution in [0.1, 0.15) is 163 Å². The maximum atomic E-state index is 12.5. The zero-order valence-corrected chi connectivity index (χ0v) is 39.8. The molecule has 0 aliphatic heterocycles. The largest absolute Gasteiger partial charge is 3.00 e. The third kappa shape index (κ3) is 19.4. The molecule has 0 aromatic rings. The van der Waals surface area contributed by atoms with E-state index in [9.17, 15) is 44.1 Å². The second-order valence-corrected chi connectivity index (χ2v) is 15.4. The third-order valence-corrected chi connectivity index (χ3v) is 9.23. The van der Waals surface area contributed by atoms with Gasteiger partial charge in [-0.15, -0.1) is 0 Å². The molecule has 0 unspecified atom stereocenters. The van der Waals surface area contributed by atoms with Crippen LogP contribution in [-0.2, 0) is 57.2 Å². The molecule has 0 aliphatic rings. The van der Waals surface area contributed by atoms with Gasteiger partial charge < -0.3 is 58.1 Å². The molecule has 0 fully saturated rings. The van der Waals surface area contributed by atoms with Crippen molar-refractivity contribution >= 4 is 52.6 Å². The molecule has 0 radical (unpaired) electrons. The SMILES string of the molecule is CCC(CC)(C(=O)[O-])C(=O)C(OC(C)C)OC(C)C.CCC(CC)(C(=O)[O-])C(=O)C(OC(C)C)OC(C)C.CCC(CC)(C(=O)[O-])C(=O)C(OC(C)C)OC(C)C.[Al+3]. The molecule has 0 aromatic heterocycles. The minimum atomic E-state index is -1.55. The Hall–Kier alpha value is -2.29. The van der Waals surface area contributed by atoms with E-state index < -0.39 is 70.4 Å². The number of ether oxygens (including phenoxy) is 6. The van der Waals surface area contributed by atoms with Crippen LogP contribution >= 0.6 is 0 Å². The van der Waals surface area contributed by atoms with Crippen LogP contribution in [0, 0.1) is 16.2 Å². The standard InChI is InChI=1S/3C14H26O5.Al/c3*1-7-14(8-2,13(16)17)11(15)12(18-9(3)4)19-10(5)6;/h3*9-10,12H,7-8H2,1-6H3,(H,16,17);/q;;;+3/p-3. The van der Waals surface area contributed by atoms with Gasteiger partial charge in [0.2, 0.25) is 18.9 Å². The van der Waals surface area contributed by atoms with E-state index in [-0.39, 0.29) is 92.5 Å². The Kier molecular flexibility index (Phi) is 32.1. The van der Waals surface area contributed by atoms with E-state index in [1.807, 2.05) is 0 Å².